The molecule has 0 spiro atoms. The minimum absolute atomic E-state index is 0.902. The molecule has 1 N–H and O–H groups in total. The summed E-state index contributed by atoms with van der Waals surface area (Å²) >= 11 is 3.48. The van der Waals surface area contributed by atoms with Gasteiger partial charge in [0.15, 0.2) is 0 Å². The van der Waals surface area contributed by atoms with E-state index in [1.807, 2.05) is 7.05 Å². The molecular weight excluding hydrogens is 312 g/mol. The van der Waals surface area contributed by atoms with Crippen molar-refractivity contribution in [1.29, 1.82) is 0 Å². The van der Waals surface area contributed by atoms with Gasteiger partial charge in [0.05, 0.1) is 0 Å². The molecule has 20 heavy (non-hydrogen) atoms. The van der Waals surface area contributed by atoms with Crippen LogP contribution < -0.4 is 5.32 Å². The predicted octanol–water partition coefficient (Wildman–Crippen LogP) is 4.17. The van der Waals surface area contributed by atoms with Crippen molar-refractivity contribution in [2.24, 2.45) is 0 Å². The lowest BCUT2D eigenvalue weighted by Crippen LogP contribution is -2.05. The van der Waals surface area contributed by atoms with E-state index >= 15 is 0 Å². The summed E-state index contributed by atoms with van der Waals surface area (Å²) in [6, 6.07) is 17.3. The number of fused-ring (bicyclic) bond motifs is 1. The second-order valence-electron chi connectivity index (χ2n) is 4.99. The first-order valence-corrected chi connectivity index (χ1v) is 7.52. The maximum atomic E-state index is 3.48. The van der Waals surface area contributed by atoms with Crippen LogP contribution in [0.2, 0.25) is 0 Å². The van der Waals surface area contributed by atoms with Crippen molar-refractivity contribution in [3.63, 3.8) is 0 Å². The first-order chi connectivity index (χ1) is 9.76. The molecule has 0 aliphatic rings. The Bertz CT molecular complexity index is 713. The highest BCUT2D eigenvalue weighted by Crippen LogP contribution is 2.20. The molecule has 0 unspecified atom stereocenters. The van der Waals surface area contributed by atoms with Crippen molar-refractivity contribution in [2.75, 3.05) is 7.05 Å². The highest BCUT2D eigenvalue weighted by Gasteiger charge is 2.03. The van der Waals surface area contributed by atoms with Crippen LogP contribution >= 0.6 is 15.9 Å². The standard InChI is InChI=1S/C17H17BrN2/c1-19-11-14-2-5-15-8-9-20(17(15)10-14)12-13-3-6-16(18)7-4-13/h2-10,19H,11-12H2,1H3. The summed E-state index contributed by atoms with van der Waals surface area (Å²) in [6.45, 7) is 1.80. The molecule has 0 aliphatic carbocycles. The molecule has 1 heterocycles. The number of halogens is 1. The van der Waals surface area contributed by atoms with Gasteiger partial charge in [0.25, 0.3) is 0 Å². The average Bonchev–Trinajstić information content (AvgIpc) is 2.85. The molecule has 0 aliphatic heterocycles. The topological polar surface area (TPSA) is 17.0 Å². The minimum Gasteiger partial charge on any atom is -0.343 e. The third-order valence-electron chi connectivity index (χ3n) is 3.49. The first kappa shape index (κ1) is 13.4. The fraction of sp³-hybridized carbons (Fsp3) is 0.176. The summed E-state index contributed by atoms with van der Waals surface area (Å²) in [5.41, 5.74) is 3.92. The zero-order valence-electron chi connectivity index (χ0n) is 11.4. The zero-order chi connectivity index (χ0) is 13.9. The quantitative estimate of drug-likeness (QED) is 0.760. The van der Waals surface area contributed by atoms with E-state index in [2.05, 4.69) is 80.5 Å². The molecule has 0 fully saturated rings. The molecule has 3 heteroatoms. The van der Waals surface area contributed by atoms with Gasteiger partial charge in [0, 0.05) is 29.3 Å². The summed E-state index contributed by atoms with van der Waals surface area (Å²) < 4.78 is 3.42. The molecule has 1 aromatic heterocycles. The lowest BCUT2D eigenvalue weighted by atomic mass is 10.1. The van der Waals surface area contributed by atoms with Gasteiger partial charge in [-0.25, -0.2) is 0 Å². The molecule has 2 nitrogen and oxygen atoms in total. The van der Waals surface area contributed by atoms with Crippen molar-refractivity contribution < 1.29 is 0 Å². The molecule has 0 bridgehead atoms. The van der Waals surface area contributed by atoms with Crippen molar-refractivity contribution >= 4 is 26.8 Å². The van der Waals surface area contributed by atoms with Crippen LogP contribution in [0.4, 0.5) is 0 Å². The van der Waals surface area contributed by atoms with E-state index in [-0.39, 0.29) is 0 Å². The van der Waals surface area contributed by atoms with E-state index in [9.17, 15) is 0 Å². The highest BCUT2D eigenvalue weighted by atomic mass is 79.9. The number of rotatable bonds is 4. The minimum atomic E-state index is 0.902. The van der Waals surface area contributed by atoms with E-state index in [0.717, 1.165) is 17.6 Å². The number of nitrogens with zero attached hydrogens (tertiary/aromatic N) is 1. The zero-order valence-corrected chi connectivity index (χ0v) is 13.0. The second kappa shape index (κ2) is 5.81. The van der Waals surface area contributed by atoms with Gasteiger partial charge in [-0.15, -0.1) is 0 Å². The summed E-state index contributed by atoms with van der Waals surface area (Å²) in [5.74, 6) is 0. The monoisotopic (exact) mass is 328 g/mol. The predicted molar refractivity (Wildman–Crippen MR) is 87.9 cm³/mol. The Labute approximate surface area is 127 Å². The Morgan fingerprint density at radius 1 is 1.00 bits per heavy atom. The van der Waals surface area contributed by atoms with Crippen molar-refractivity contribution in [3.8, 4) is 0 Å². The van der Waals surface area contributed by atoms with Gasteiger partial charge < -0.3 is 9.88 Å². The lowest BCUT2D eigenvalue weighted by Gasteiger charge is -2.07. The summed E-state index contributed by atoms with van der Waals surface area (Å²) in [4.78, 5) is 0. The van der Waals surface area contributed by atoms with Crippen molar-refractivity contribution in [1.82, 2.24) is 9.88 Å². The summed E-state index contributed by atoms with van der Waals surface area (Å²) in [7, 11) is 1.98. The molecule has 3 aromatic rings. The van der Waals surface area contributed by atoms with Crippen LogP contribution in [0.3, 0.4) is 0 Å². The summed E-state index contributed by atoms with van der Waals surface area (Å²) in [6.07, 6.45) is 2.16. The van der Waals surface area contributed by atoms with Crippen LogP contribution in [0, 0.1) is 0 Å². The normalized spacial score (nSPS) is 11.1. The number of hydrogen-bond acceptors (Lipinski definition) is 1. The van der Waals surface area contributed by atoms with E-state index in [0.29, 0.717) is 0 Å². The van der Waals surface area contributed by atoms with Crippen LogP contribution in [0.15, 0.2) is 59.2 Å². The second-order valence-corrected chi connectivity index (χ2v) is 5.91. The number of aromatic nitrogens is 1. The molecule has 0 amide bonds. The fourth-order valence-corrected chi connectivity index (χ4v) is 2.73. The Kier molecular flexibility index (Phi) is 3.90. The largest absolute Gasteiger partial charge is 0.343 e. The summed E-state index contributed by atoms with van der Waals surface area (Å²) in [5, 5.41) is 4.50. The third kappa shape index (κ3) is 2.79. The molecule has 0 atom stereocenters. The lowest BCUT2D eigenvalue weighted by molar-refractivity contribution is 0.812. The van der Waals surface area contributed by atoms with E-state index in [1.54, 1.807) is 0 Å². The molecule has 0 saturated carbocycles. The average molecular weight is 329 g/mol. The Balaban J connectivity index is 1.94. The van der Waals surface area contributed by atoms with Gasteiger partial charge in [-0.1, -0.05) is 40.2 Å². The number of benzene rings is 2. The van der Waals surface area contributed by atoms with Gasteiger partial charge in [-0.2, -0.15) is 0 Å². The third-order valence-corrected chi connectivity index (χ3v) is 4.01. The maximum Gasteiger partial charge on any atom is 0.0486 e. The van der Waals surface area contributed by atoms with E-state index in [4.69, 9.17) is 0 Å². The number of hydrogen-bond donors (Lipinski definition) is 1. The Morgan fingerprint density at radius 2 is 1.75 bits per heavy atom. The highest BCUT2D eigenvalue weighted by molar-refractivity contribution is 9.10. The van der Waals surface area contributed by atoms with Crippen LogP contribution in [-0.2, 0) is 13.1 Å². The smallest absolute Gasteiger partial charge is 0.0486 e. The van der Waals surface area contributed by atoms with Crippen molar-refractivity contribution in [2.45, 2.75) is 13.1 Å². The van der Waals surface area contributed by atoms with Gasteiger partial charge >= 0.3 is 0 Å². The maximum absolute atomic E-state index is 3.48. The first-order valence-electron chi connectivity index (χ1n) is 6.73. The Hall–Kier alpha value is -1.58. The molecule has 2 aromatic carbocycles. The van der Waals surface area contributed by atoms with E-state index < -0.39 is 0 Å². The Morgan fingerprint density at radius 3 is 2.50 bits per heavy atom. The molecule has 0 radical (unpaired) electrons. The SMILES string of the molecule is CNCc1ccc2ccn(Cc3ccc(Br)cc3)c2c1. The van der Waals surface area contributed by atoms with Gasteiger partial charge in [0.2, 0.25) is 0 Å². The van der Waals surface area contributed by atoms with Crippen LogP contribution in [-0.4, -0.2) is 11.6 Å². The molecule has 0 saturated heterocycles. The number of nitrogens with one attached hydrogen (secondary N) is 1. The molecular formula is C17H17BrN2. The van der Waals surface area contributed by atoms with Crippen LogP contribution in [0.5, 0.6) is 0 Å². The molecule has 3 rings (SSSR count). The van der Waals surface area contributed by atoms with Gasteiger partial charge in [-0.05, 0) is 47.8 Å². The van der Waals surface area contributed by atoms with E-state index in [1.165, 1.54) is 22.0 Å². The van der Waals surface area contributed by atoms with Crippen LogP contribution in [0.25, 0.3) is 10.9 Å². The fourth-order valence-electron chi connectivity index (χ4n) is 2.47. The van der Waals surface area contributed by atoms with Gasteiger partial charge in [-0.3, -0.25) is 0 Å². The van der Waals surface area contributed by atoms with Crippen LogP contribution in [0.1, 0.15) is 11.1 Å². The van der Waals surface area contributed by atoms with Gasteiger partial charge in [0.1, 0.15) is 0 Å². The molecule has 102 valence electrons. The van der Waals surface area contributed by atoms with Crippen molar-refractivity contribution in [3.05, 3.63) is 70.3 Å².